The number of thiophene rings is 1. The van der Waals surface area contributed by atoms with E-state index in [0.29, 0.717) is 5.92 Å². The molecule has 0 radical (unpaired) electrons. The molecule has 1 unspecified atom stereocenters. The van der Waals surface area contributed by atoms with Crippen molar-refractivity contribution in [1.82, 2.24) is 0 Å². The summed E-state index contributed by atoms with van der Waals surface area (Å²) in [6.45, 7) is 22.9. The van der Waals surface area contributed by atoms with Crippen LogP contribution >= 0.6 is 11.3 Å². The van der Waals surface area contributed by atoms with E-state index in [4.69, 9.17) is 0 Å². The van der Waals surface area contributed by atoms with E-state index in [9.17, 15) is 0 Å². The molecule has 1 atom stereocenters. The summed E-state index contributed by atoms with van der Waals surface area (Å²) in [5.74, 6) is 0.510. The molecule has 0 bridgehead atoms. The zero-order valence-electron chi connectivity index (χ0n) is 30.7. The van der Waals surface area contributed by atoms with Crippen molar-refractivity contribution in [2.45, 2.75) is 91.9 Å². The second kappa shape index (κ2) is 11.1. The van der Waals surface area contributed by atoms with Crippen LogP contribution in [0.2, 0.25) is 0 Å². The predicted octanol–water partition coefficient (Wildman–Crippen LogP) is 14.0. The van der Waals surface area contributed by atoms with Gasteiger partial charge in [-0.2, -0.15) is 0 Å². The molecule has 3 heteroatoms. The Bertz CT molecular complexity index is 2240. The second-order valence-corrected chi connectivity index (χ2v) is 17.8. The average Bonchev–Trinajstić information content (AvgIpc) is 3.43. The number of rotatable bonds is 3. The van der Waals surface area contributed by atoms with Crippen LogP contribution in [0.25, 0.3) is 10.1 Å². The average molecular weight is 661 g/mol. The molecule has 8 rings (SSSR count). The van der Waals surface area contributed by atoms with Crippen LogP contribution in [-0.4, -0.2) is 0 Å². The van der Waals surface area contributed by atoms with E-state index in [0.717, 1.165) is 0 Å². The summed E-state index contributed by atoms with van der Waals surface area (Å²) in [7, 11) is 0. The van der Waals surface area contributed by atoms with Crippen molar-refractivity contribution in [3.63, 3.8) is 0 Å². The number of hydrogen-bond acceptors (Lipinski definition) is 3. The van der Waals surface area contributed by atoms with Crippen LogP contribution in [0.15, 0.2) is 97.1 Å². The third-order valence-corrected chi connectivity index (χ3v) is 11.9. The number of nitrogens with zero attached hydrogens (tertiary/aromatic N) is 2. The van der Waals surface area contributed by atoms with Crippen molar-refractivity contribution in [3.05, 3.63) is 141 Å². The SMILES string of the molecule is Cc1ccc(N2c3ccc(C)cc3C3c4sc5ccc(C(C)(C)C)cc5c4N(c4ccc(C(C)(C)C)cc4)c4cc(C(C)C)cc2c43)cc1. The Kier molecular flexibility index (Phi) is 7.22. The third-order valence-electron chi connectivity index (χ3n) is 10.7. The summed E-state index contributed by atoms with van der Waals surface area (Å²) < 4.78 is 1.35. The van der Waals surface area contributed by atoms with E-state index in [1.807, 2.05) is 11.3 Å². The van der Waals surface area contributed by atoms with Gasteiger partial charge in [-0.3, -0.25) is 0 Å². The van der Waals surface area contributed by atoms with Gasteiger partial charge in [0.2, 0.25) is 0 Å². The van der Waals surface area contributed by atoms with Crippen LogP contribution in [0.3, 0.4) is 0 Å². The van der Waals surface area contributed by atoms with E-state index >= 15 is 0 Å². The molecule has 0 spiro atoms. The summed E-state index contributed by atoms with van der Waals surface area (Å²) in [5, 5.41) is 1.35. The van der Waals surface area contributed by atoms with E-state index in [2.05, 4.69) is 176 Å². The van der Waals surface area contributed by atoms with Gasteiger partial charge in [0.05, 0.1) is 28.7 Å². The van der Waals surface area contributed by atoms with Gasteiger partial charge in [0.25, 0.3) is 0 Å². The monoisotopic (exact) mass is 660 g/mol. The molecule has 6 aromatic rings. The summed E-state index contributed by atoms with van der Waals surface area (Å²) in [5.41, 5.74) is 17.2. The lowest BCUT2D eigenvalue weighted by atomic mass is 9.77. The first-order valence-corrected chi connectivity index (χ1v) is 18.6. The van der Waals surface area contributed by atoms with Crippen LogP contribution in [-0.2, 0) is 10.8 Å². The smallest absolute Gasteiger partial charge is 0.0689 e. The Morgan fingerprint density at radius 1 is 0.592 bits per heavy atom. The zero-order chi connectivity index (χ0) is 34.6. The van der Waals surface area contributed by atoms with E-state index < -0.39 is 0 Å². The third kappa shape index (κ3) is 5.12. The molecule has 49 heavy (non-hydrogen) atoms. The van der Waals surface area contributed by atoms with Gasteiger partial charge in [-0.15, -0.1) is 11.3 Å². The summed E-state index contributed by atoms with van der Waals surface area (Å²) in [6.07, 6.45) is 0. The van der Waals surface area contributed by atoms with Gasteiger partial charge >= 0.3 is 0 Å². The Hall–Kier alpha value is -4.34. The summed E-state index contributed by atoms with van der Waals surface area (Å²) in [6, 6.07) is 37.7. The number of hydrogen-bond donors (Lipinski definition) is 0. The zero-order valence-corrected chi connectivity index (χ0v) is 31.5. The fourth-order valence-corrected chi connectivity index (χ4v) is 9.08. The van der Waals surface area contributed by atoms with Gasteiger partial charge in [-0.05, 0) is 107 Å². The maximum absolute atomic E-state index is 2.61. The molecule has 0 saturated carbocycles. The van der Waals surface area contributed by atoms with Gasteiger partial charge in [0.15, 0.2) is 0 Å². The highest BCUT2D eigenvalue weighted by atomic mass is 32.1. The van der Waals surface area contributed by atoms with E-state index in [-0.39, 0.29) is 16.7 Å². The quantitative estimate of drug-likeness (QED) is 0.186. The Labute approximate surface area is 297 Å². The number of benzene rings is 5. The molecular formula is C46H48N2S. The molecule has 2 nitrogen and oxygen atoms in total. The van der Waals surface area contributed by atoms with Crippen LogP contribution in [0.1, 0.15) is 111 Å². The van der Waals surface area contributed by atoms with Crippen LogP contribution in [0.5, 0.6) is 0 Å². The molecular weight excluding hydrogens is 613 g/mol. The highest BCUT2D eigenvalue weighted by Crippen LogP contribution is 2.64. The minimum atomic E-state index is 0.0514. The molecule has 0 N–H and O–H groups in total. The minimum absolute atomic E-state index is 0.0514. The maximum atomic E-state index is 2.61. The number of anilines is 6. The molecule has 0 amide bonds. The van der Waals surface area contributed by atoms with Crippen molar-refractivity contribution >= 4 is 55.5 Å². The topological polar surface area (TPSA) is 6.48 Å². The Morgan fingerprint density at radius 3 is 1.80 bits per heavy atom. The van der Waals surface area contributed by atoms with Crippen molar-refractivity contribution < 1.29 is 0 Å². The molecule has 0 saturated heterocycles. The fourth-order valence-electron chi connectivity index (χ4n) is 7.78. The molecule has 248 valence electrons. The first-order valence-electron chi connectivity index (χ1n) is 17.8. The summed E-state index contributed by atoms with van der Waals surface area (Å²) in [4.78, 5) is 6.58. The van der Waals surface area contributed by atoms with Crippen molar-refractivity contribution in [3.8, 4) is 0 Å². The molecule has 1 aromatic heterocycles. The normalized spacial score (nSPS) is 15.4. The first-order chi connectivity index (χ1) is 23.2. The van der Waals surface area contributed by atoms with E-state index in [1.165, 1.54) is 88.0 Å². The van der Waals surface area contributed by atoms with Crippen molar-refractivity contribution in [2.75, 3.05) is 9.80 Å². The van der Waals surface area contributed by atoms with Gasteiger partial charge in [0.1, 0.15) is 0 Å². The lowest BCUT2D eigenvalue weighted by Crippen LogP contribution is -2.29. The summed E-state index contributed by atoms with van der Waals surface area (Å²) >= 11 is 1.98. The predicted molar refractivity (Wildman–Crippen MR) is 213 cm³/mol. The molecule has 0 fully saturated rings. The molecule has 5 aromatic carbocycles. The van der Waals surface area contributed by atoms with Crippen LogP contribution in [0, 0.1) is 13.8 Å². The van der Waals surface area contributed by atoms with Gasteiger partial charge in [0, 0.05) is 31.9 Å². The van der Waals surface area contributed by atoms with Crippen molar-refractivity contribution in [2.24, 2.45) is 0 Å². The fraction of sp³-hybridized carbons (Fsp3) is 0.304. The minimum Gasteiger partial charge on any atom is -0.310 e. The molecule has 3 heterocycles. The first kappa shape index (κ1) is 31.9. The van der Waals surface area contributed by atoms with Gasteiger partial charge in [-0.1, -0.05) is 109 Å². The molecule has 2 aliphatic rings. The Morgan fingerprint density at radius 2 is 1.16 bits per heavy atom. The van der Waals surface area contributed by atoms with Gasteiger partial charge in [-0.25, -0.2) is 0 Å². The number of aryl methyl sites for hydroxylation is 2. The number of fused-ring (bicyclic) bond motifs is 6. The van der Waals surface area contributed by atoms with Gasteiger partial charge < -0.3 is 9.80 Å². The maximum Gasteiger partial charge on any atom is 0.0689 e. The largest absolute Gasteiger partial charge is 0.310 e. The highest BCUT2D eigenvalue weighted by Gasteiger charge is 2.43. The lowest BCUT2D eigenvalue weighted by molar-refractivity contribution is 0.590. The lowest BCUT2D eigenvalue weighted by Gasteiger charge is -2.44. The van der Waals surface area contributed by atoms with Crippen LogP contribution in [0.4, 0.5) is 34.1 Å². The van der Waals surface area contributed by atoms with Crippen LogP contribution < -0.4 is 9.80 Å². The highest BCUT2D eigenvalue weighted by molar-refractivity contribution is 7.20. The Balaban J connectivity index is 1.51. The second-order valence-electron chi connectivity index (χ2n) is 16.7. The standard InChI is InChI=1S/C46H48N2S/c1-27(2)30-24-38-42-39(25-30)48(34-19-14-31(15-20-34)45(5,6)7)43-36-26-32(46(8,9)10)16-22-40(36)49-44(43)41(42)35-23-29(4)13-21-37(35)47(38)33-17-11-28(3)12-18-33/h11-27,41H,1-10H3. The van der Waals surface area contributed by atoms with E-state index in [1.54, 1.807) is 0 Å². The van der Waals surface area contributed by atoms with Crippen molar-refractivity contribution in [1.29, 1.82) is 0 Å². The molecule has 2 aliphatic heterocycles. The molecule has 0 aliphatic carbocycles.